The third-order valence-corrected chi connectivity index (χ3v) is 4.81. The van der Waals surface area contributed by atoms with Crippen LogP contribution >= 0.6 is 11.6 Å². The number of benzene rings is 2. The van der Waals surface area contributed by atoms with Gasteiger partial charge < -0.3 is 10.6 Å². The second-order valence-corrected chi connectivity index (χ2v) is 7.00. The van der Waals surface area contributed by atoms with Crippen molar-refractivity contribution in [3.05, 3.63) is 86.5 Å². The molecule has 0 aliphatic carbocycles. The maximum atomic E-state index is 13.0. The number of nitrogens with zero attached hydrogens (tertiary/aromatic N) is 3. The zero-order chi connectivity index (χ0) is 20.4. The second-order valence-electron chi connectivity index (χ2n) is 6.59. The van der Waals surface area contributed by atoms with Crippen LogP contribution in [-0.2, 0) is 13.1 Å². The van der Waals surface area contributed by atoms with Crippen molar-refractivity contribution in [2.75, 3.05) is 10.6 Å². The molecule has 148 valence electrons. The van der Waals surface area contributed by atoms with Gasteiger partial charge in [-0.05, 0) is 42.3 Å². The number of fused-ring (bicyclic) bond motifs is 1. The Kier molecular flexibility index (Phi) is 5.18. The molecule has 4 rings (SSSR count). The van der Waals surface area contributed by atoms with E-state index in [2.05, 4.69) is 25.7 Å². The quantitative estimate of drug-likeness (QED) is 0.449. The van der Waals surface area contributed by atoms with Crippen LogP contribution in [0.2, 0.25) is 5.02 Å². The number of nitrogens with one attached hydrogen (secondary N) is 3. The number of aromatic nitrogens is 4. The van der Waals surface area contributed by atoms with Gasteiger partial charge in [0.05, 0.1) is 12.2 Å². The molecule has 7 nitrogen and oxygen atoms in total. The average molecular weight is 413 g/mol. The molecule has 4 aromatic rings. The third-order valence-electron chi connectivity index (χ3n) is 4.40. The van der Waals surface area contributed by atoms with Gasteiger partial charge in [-0.1, -0.05) is 29.8 Å². The van der Waals surface area contributed by atoms with Crippen LogP contribution in [0.25, 0.3) is 5.78 Å². The molecular weight excluding hydrogens is 395 g/mol. The van der Waals surface area contributed by atoms with Crippen molar-refractivity contribution in [3.63, 3.8) is 0 Å². The van der Waals surface area contributed by atoms with Crippen LogP contribution in [0.15, 0.2) is 53.3 Å². The molecule has 0 radical (unpaired) electrons. The van der Waals surface area contributed by atoms with Crippen molar-refractivity contribution < 1.29 is 4.39 Å². The highest BCUT2D eigenvalue weighted by Crippen LogP contribution is 2.20. The van der Waals surface area contributed by atoms with Gasteiger partial charge in [0.1, 0.15) is 5.82 Å². The third kappa shape index (κ3) is 4.38. The van der Waals surface area contributed by atoms with Crippen LogP contribution < -0.4 is 16.2 Å². The number of aromatic amines is 1. The molecule has 0 aliphatic rings. The van der Waals surface area contributed by atoms with Crippen LogP contribution in [0.1, 0.15) is 16.8 Å². The predicted molar refractivity (Wildman–Crippen MR) is 111 cm³/mol. The Morgan fingerprint density at radius 2 is 1.86 bits per heavy atom. The minimum atomic E-state index is -0.290. The smallest absolute Gasteiger partial charge is 0.274 e. The summed E-state index contributed by atoms with van der Waals surface area (Å²) in [6, 6.07) is 13.2. The molecule has 0 atom stereocenters. The zero-order valence-corrected chi connectivity index (χ0v) is 16.3. The van der Waals surface area contributed by atoms with Gasteiger partial charge in [-0.25, -0.2) is 9.37 Å². The van der Waals surface area contributed by atoms with Gasteiger partial charge in [-0.3, -0.25) is 9.89 Å². The molecule has 0 spiro atoms. The minimum Gasteiger partial charge on any atom is -0.379 e. The molecule has 0 unspecified atom stereocenters. The lowest BCUT2D eigenvalue weighted by molar-refractivity contribution is 0.627. The van der Waals surface area contributed by atoms with E-state index in [1.54, 1.807) is 12.1 Å². The summed E-state index contributed by atoms with van der Waals surface area (Å²) in [5.41, 5.74) is 3.01. The summed E-state index contributed by atoms with van der Waals surface area (Å²) in [5.74, 6) is 0.370. The summed E-state index contributed by atoms with van der Waals surface area (Å²) < 4.78 is 14.2. The molecule has 29 heavy (non-hydrogen) atoms. The van der Waals surface area contributed by atoms with Gasteiger partial charge in [-0.15, -0.1) is 0 Å². The summed E-state index contributed by atoms with van der Waals surface area (Å²) in [6.45, 7) is 2.72. The van der Waals surface area contributed by atoms with Crippen LogP contribution in [0, 0.1) is 12.7 Å². The van der Waals surface area contributed by atoms with Gasteiger partial charge in [-0.2, -0.15) is 9.50 Å². The molecule has 3 N–H and O–H groups in total. The number of rotatable bonds is 6. The van der Waals surface area contributed by atoms with Gasteiger partial charge >= 0.3 is 0 Å². The minimum absolute atomic E-state index is 0.262. The van der Waals surface area contributed by atoms with E-state index in [4.69, 9.17) is 11.6 Å². The first-order chi connectivity index (χ1) is 14.0. The number of H-pyrrole nitrogens is 1. The van der Waals surface area contributed by atoms with Gasteiger partial charge in [0.15, 0.2) is 0 Å². The van der Waals surface area contributed by atoms with Crippen LogP contribution in [0.3, 0.4) is 0 Å². The Balaban J connectivity index is 1.48. The predicted octanol–water partition coefficient (Wildman–Crippen LogP) is 3.74. The largest absolute Gasteiger partial charge is 0.379 e. The molecule has 0 aliphatic heterocycles. The van der Waals surface area contributed by atoms with E-state index in [-0.39, 0.29) is 17.2 Å². The lowest BCUT2D eigenvalue weighted by Crippen LogP contribution is -2.17. The van der Waals surface area contributed by atoms with Crippen LogP contribution in [0.4, 0.5) is 16.0 Å². The van der Waals surface area contributed by atoms with Crippen LogP contribution in [0.5, 0.6) is 0 Å². The molecule has 9 heteroatoms. The molecule has 2 heterocycles. The van der Waals surface area contributed by atoms with E-state index in [0.717, 1.165) is 16.8 Å². The lowest BCUT2D eigenvalue weighted by Gasteiger charge is -2.07. The van der Waals surface area contributed by atoms with Crippen molar-refractivity contribution in [2.45, 2.75) is 20.0 Å². The topological polar surface area (TPSA) is 87.1 Å². The van der Waals surface area contributed by atoms with Crippen molar-refractivity contribution in [3.8, 4) is 0 Å². The Morgan fingerprint density at radius 1 is 1.07 bits per heavy atom. The lowest BCUT2D eigenvalue weighted by atomic mass is 10.2. The Morgan fingerprint density at radius 3 is 2.62 bits per heavy atom. The molecule has 0 saturated heterocycles. The number of aryl methyl sites for hydroxylation is 1. The van der Waals surface area contributed by atoms with Gasteiger partial charge in [0.25, 0.3) is 11.3 Å². The summed E-state index contributed by atoms with van der Waals surface area (Å²) in [6.07, 6.45) is 0. The van der Waals surface area contributed by atoms with Crippen molar-refractivity contribution in [1.82, 2.24) is 19.6 Å². The number of anilines is 2. The number of hydrogen-bond donors (Lipinski definition) is 3. The molecule has 2 aromatic carbocycles. The maximum absolute atomic E-state index is 13.0. The second kappa shape index (κ2) is 7.92. The summed E-state index contributed by atoms with van der Waals surface area (Å²) >= 11 is 6.13. The first kappa shape index (κ1) is 18.9. The normalized spacial score (nSPS) is 11.0. The average Bonchev–Trinajstić information content (AvgIpc) is 3.12. The van der Waals surface area contributed by atoms with Crippen molar-refractivity contribution in [2.24, 2.45) is 0 Å². The molecular formula is C20H18ClFN6O. The molecule has 0 fully saturated rings. The van der Waals surface area contributed by atoms with E-state index in [1.165, 1.54) is 22.7 Å². The Hall–Kier alpha value is -3.39. The van der Waals surface area contributed by atoms with E-state index in [0.29, 0.717) is 29.8 Å². The zero-order valence-electron chi connectivity index (χ0n) is 15.5. The van der Waals surface area contributed by atoms with Crippen molar-refractivity contribution in [1.29, 1.82) is 0 Å². The Bertz CT molecular complexity index is 1220. The molecule has 0 amide bonds. The first-order valence-corrected chi connectivity index (χ1v) is 9.33. The number of halogens is 2. The first-order valence-electron chi connectivity index (χ1n) is 8.95. The van der Waals surface area contributed by atoms with Crippen molar-refractivity contribution >= 4 is 29.0 Å². The highest BCUT2D eigenvalue weighted by atomic mass is 35.5. The Labute approximate surface area is 170 Å². The van der Waals surface area contributed by atoms with E-state index < -0.39 is 0 Å². The fraction of sp³-hybridized carbons (Fsp3) is 0.150. The highest BCUT2D eigenvalue weighted by Gasteiger charge is 2.08. The van der Waals surface area contributed by atoms with Gasteiger partial charge in [0, 0.05) is 23.3 Å². The van der Waals surface area contributed by atoms with Crippen LogP contribution in [-0.4, -0.2) is 19.6 Å². The summed E-state index contributed by atoms with van der Waals surface area (Å²) in [7, 11) is 0. The SMILES string of the molecule is Cc1ccc(NCc2cc(=O)n3[nH]c(NCc4ccc(F)cc4)nc3n2)cc1Cl. The molecule has 0 saturated carbocycles. The molecule has 0 bridgehead atoms. The molecule has 2 aromatic heterocycles. The monoisotopic (exact) mass is 412 g/mol. The maximum Gasteiger partial charge on any atom is 0.274 e. The standard InChI is InChI=1S/C20H18ClFN6O/c1-12-2-7-15(8-17(12)21)23-11-16-9-18(29)28-20(25-16)26-19(27-28)24-10-13-3-5-14(22)6-4-13/h2-9,23H,10-11H2,1H3,(H2,24,25,26,27). The van der Waals surface area contributed by atoms with E-state index in [9.17, 15) is 9.18 Å². The van der Waals surface area contributed by atoms with Gasteiger partial charge in [0.2, 0.25) is 5.95 Å². The number of hydrogen-bond acceptors (Lipinski definition) is 5. The highest BCUT2D eigenvalue weighted by molar-refractivity contribution is 6.31. The van der Waals surface area contributed by atoms with E-state index in [1.807, 2.05) is 25.1 Å². The van der Waals surface area contributed by atoms with E-state index >= 15 is 0 Å². The summed E-state index contributed by atoms with van der Waals surface area (Å²) in [4.78, 5) is 21.1. The fourth-order valence-corrected chi connectivity index (χ4v) is 2.96. The summed E-state index contributed by atoms with van der Waals surface area (Å²) in [5, 5.41) is 9.80. The fourth-order valence-electron chi connectivity index (χ4n) is 2.78.